The zero-order valence-electron chi connectivity index (χ0n) is 14.8. The smallest absolute Gasteiger partial charge is 0.216 e. The molecule has 2 aromatic rings. The van der Waals surface area contributed by atoms with Crippen molar-refractivity contribution in [3.8, 4) is 0 Å². The van der Waals surface area contributed by atoms with Crippen molar-refractivity contribution < 1.29 is 17.9 Å². The van der Waals surface area contributed by atoms with Crippen LogP contribution in [0.25, 0.3) is 0 Å². The van der Waals surface area contributed by atoms with Crippen LogP contribution in [-0.4, -0.2) is 38.8 Å². The molecule has 1 N–H and O–H groups in total. The van der Waals surface area contributed by atoms with E-state index in [4.69, 9.17) is 9.47 Å². The summed E-state index contributed by atoms with van der Waals surface area (Å²) in [4.78, 5) is 4.22. The topological polar surface area (TPSA) is 77.5 Å². The molecular weight excluding hydrogens is 352 g/mol. The highest BCUT2D eigenvalue weighted by molar-refractivity contribution is 7.88. The largest absolute Gasteiger partial charge is 0.379 e. The Bertz CT molecular complexity index is 811. The second-order valence-corrected chi connectivity index (χ2v) is 8.26. The number of rotatable bonds is 7. The maximum atomic E-state index is 12.6. The Morgan fingerprint density at radius 2 is 2.15 bits per heavy atom. The van der Waals surface area contributed by atoms with E-state index in [0.29, 0.717) is 26.2 Å². The molecule has 0 saturated carbocycles. The van der Waals surface area contributed by atoms with Crippen LogP contribution in [0.2, 0.25) is 0 Å². The van der Waals surface area contributed by atoms with E-state index in [1.165, 1.54) is 0 Å². The van der Waals surface area contributed by atoms with E-state index in [0.717, 1.165) is 16.8 Å². The highest BCUT2D eigenvalue weighted by atomic mass is 32.2. The van der Waals surface area contributed by atoms with Gasteiger partial charge in [0.15, 0.2) is 0 Å². The summed E-state index contributed by atoms with van der Waals surface area (Å²) < 4.78 is 39.3. The Morgan fingerprint density at radius 1 is 1.27 bits per heavy atom. The van der Waals surface area contributed by atoms with Gasteiger partial charge in [-0.25, -0.2) is 13.1 Å². The lowest BCUT2D eigenvalue weighted by molar-refractivity contribution is -0.0719. The number of hydrogen-bond acceptors (Lipinski definition) is 5. The highest BCUT2D eigenvalue weighted by Gasteiger charge is 2.30. The lowest BCUT2D eigenvalue weighted by atomic mass is 10.1. The Balaban J connectivity index is 1.61. The van der Waals surface area contributed by atoms with Gasteiger partial charge in [0.2, 0.25) is 10.0 Å². The van der Waals surface area contributed by atoms with Crippen LogP contribution in [0.3, 0.4) is 0 Å². The first-order chi connectivity index (χ1) is 12.5. The number of aryl methyl sites for hydroxylation is 1. The van der Waals surface area contributed by atoms with Gasteiger partial charge in [-0.3, -0.25) is 4.98 Å². The summed E-state index contributed by atoms with van der Waals surface area (Å²) in [6, 6.07) is 12.8. The summed E-state index contributed by atoms with van der Waals surface area (Å²) in [5, 5.41) is 0. The van der Waals surface area contributed by atoms with Crippen LogP contribution in [0.4, 0.5) is 0 Å². The molecule has 3 rings (SSSR count). The van der Waals surface area contributed by atoms with Crippen molar-refractivity contribution >= 4 is 10.0 Å². The number of sulfonamides is 1. The predicted octanol–water partition coefficient (Wildman–Crippen LogP) is 2.18. The van der Waals surface area contributed by atoms with Gasteiger partial charge in [0, 0.05) is 12.8 Å². The second-order valence-electron chi connectivity index (χ2n) is 6.51. The van der Waals surface area contributed by atoms with Crippen molar-refractivity contribution in [3.05, 3.63) is 65.5 Å². The van der Waals surface area contributed by atoms with E-state index in [1.54, 1.807) is 6.20 Å². The number of benzene rings is 1. The number of nitrogens with one attached hydrogen (secondary N) is 1. The third-order valence-electron chi connectivity index (χ3n) is 4.25. The van der Waals surface area contributed by atoms with Gasteiger partial charge in [-0.05, 0) is 31.0 Å². The number of nitrogens with zero attached hydrogens (tertiary/aromatic N) is 1. The molecule has 26 heavy (non-hydrogen) atoms. The van der Waals surface area contributed by atoms with Crippen molar-refractivity contribution in [2.45, 2.75) is 37.9 Å². The standard InChI is InChI=1S/C19H24N2O4S/c1-15-5-4-6-16(11-15)14-26(22,23)21-18-8-10-24-13-19(18)25-12-17-7-2-3-9-20-17/h2-7,9,11,18-19,21H,8,10,12-14H2,1H3/t18-,19-/m1/s1. The van der Waals surface area contributed by atoms with Crippen molar-refractivity contribution in [1.82, 2.24) is 9.71 Å². The molecule has 0 unspecified atom stereocenters. The van der Waals surface area contributed by atoms with Gasteiger partial charge < -0.3 is 9.47 Å². The lowest BCUT2D eigenvalue weighted by Crippen LogP contribution is -2.50. The van der Waals surface area contributed by atoms with E-state index in [9.17, 15) is 8.42 Å². The molecule has 0 bridgehead atoms. The molecule has 0 radical (unpaired) electrons. The first-order valence-electron chi connectivity index (χ1n) is 8.67. The average Bonchev–Trinajstić information content (AvgIpc) is 2.61. The molecule has 0 spiro atoms. The fourth-order valence-electron chi connectivity index (χ4n) is 2.98. The van der Waals surface area contributed by atoms with Gasteiger partial charge in [-0.2, -0.15) is 0 Å². The van der Waals surface area contributed by atoms with Gasteiger partial charge in [0.05, 0.1) is 36.8 Å². The molecule has 1 aliphatic rings. The average molecular weight is 376 g/mol. The fourth-order valence-corrected chi connectivity index (χ4v) is 4.41. The van der Waals surface area contributed by atoms with Gasteiger partial charge in [0.25, 0.3) is 0 Å². The summed E-state index contributed by atoms with van der Waals surface area (Å²) in [5.41, 5.74) is 2.62. The first kappa shape index (κ1) is 19.0. The normalized spacial score (nSPS) is 20.8. The van der Waals surface area contributed by atoms with Gasteiger partial charge in [-0.1, -0.05) is 35.9 Å². The zero-order chi connectivity index (χ0) is 18.4. The van der Waals surface area contributed by atoms with Crippen molar-refractivity contribution in [2.75, 3.05) is 13.2 Å². The maximum absolute atomic E-state index is 12.6. The quantitative estimate of drug-likeness (QED) is 0.801. The molecule has 0 aliphatic carbocycles. The Kier molecular flexibility index (Phi) is 6.37. The molecule has 2 atom stereocenters. The van der Waals surface area contributed by atoms with Crippen molar-refractivity contribution in [1.29, 1.82) is 0 Å². The maximum Gasteiger partial charge on any atom is 0.216 e. The molecule has 1 aromatic heterocycles. The van der Waals surface area contributed by atoms with E-state index < -0.39 is 10.0 Å². The first-order valence-corrected chi connectivity index (χ1v) is 10.3. The number of aromatic nitrogens is 1. The SMILES string of the molecule is Cc1cccc(CS(=O)(=O)N[C@@H]2CCOC[C@H]2OCc2ccccn2)c1. The minimum absolute atomic E-state index is 0.0427. The van der Waals surface area contributed by atoms with Crippen LogP contribution < -0.4 is 4.72 Å². The second kappa shape index (κ2) is 8.73. The molecular formula is C19H24N2O4S. The monoisotopic (exact) mass is 376 g/mol. The van der Waals surface area contributed by atoms with E-state index >= 15 is 0 Å². The third kappa shape index (κ3) is 5.60. The number of pyridine rings is 1. The van der Waals surface area contributed by atoms with Crippen LogP contribution in [-0.2, 0) is 31.9 Å². The molecule has 1 saturated heterocycles. The molecule has 2 heterocycles. The summed E-state index contributed by atoms with van der Waals surface area (Å²) >= 11 is 0. The molecule has 7 heteroatoms. The lowest BCUT2D eigenvalue weighted by Gasteiger charge is -2.31. The highest BCUT2D eigenvalue weighted by Crippen LogP contribution is 2.16. The summed E-state index contributed by atoms with van der Waals surface area (Å²) in [5.74, 6) is -0.0427. The third-order valence-corrected chi connectivity index (χ3v) is 5.62. The zero-order valence-corrected chi connectivity index (χ0v) is 15.6. The van der Waals surface area contributed by atoms with Gasteiger partial charge >= 0.3 is 0 Å². The van der Waals surface area contributed by atoms with Gasteiger partial charge in [-0.15, -0.1) is 0 Å². The van der Waals surface area contributed by atoms with E-state index in [-0.39, 0.29) is 17.9 Å². The van der Waals surface area contributed by atoms with Crippen LogP contribution >= 0.6 is 0 Å². The van der Waals surface area contributed by atoms with Crippen LogP contribution in [0.5, 0.6) is 0 Å². The molecule has 0 amide bonds. The fraction of sp³-hybridized carbons (Fsp3) is 0.421. The molecule has 1 fully saturated rings. The van der Waals surface area contributed by atoms with Gasteiger partial charge in [0.1, 0.15) is 0 Å². The van der Waals surface area contributed by atoms with Crippen molar-refractivity contribution in [2.24, 2.45) is 0 Å². The molecule has 1 aliphatic heterocycles. The summed E-state index contributed by atoms with van der Waals surface area (Å²) in [7, 11) is -3.47. The van der Waals surface area contributed by atoms with E-state index in [2.05, 4.69) is 9.71 Å². The predicted molar refractivity (Wildman–Crippen MR) is 99.0 cm³/mol. The van der Waals surface area contributed by atoms with E-state index in [1.807, 2.05) is 49.4 Å². The number of hydrogen-bond donors (Lipinski definition) is 1. The van der Waals surface area contributed by atoms with Crippen LogP contribution in [0.15, 0.2) is 48.7 Å². The minimum Gasteiger partial charge on any atom is -0.379 e. The molecule has 1 aromatic carbocycles. The number of ether oxygens (including phenoxy) is 2. The molecule has 6 nitrogen and oxygen atoms in total. The summed E-state index contributed by atoms with van der Waals surface area (Å²) in [6.07, 6.45) is 1.95. The minimum atomic E-state index is -3.47. The Morgan fingerprint density at radius 3 is 2.92 bits per heavy atom. The Labute approximate surface area is 154 Å². The van der Waals surface area contributed by atoms with Crippen LogP contribution in [0.1, 0.15) is 23.2 Å². The van der Waals surface area contributed by atoms with Crippen LogP contribution in [0, 0.1) is 6.92 Å². The summed E-state index contributed by atoms with van der Waals surface area (Å²) in [6.45, 7) is 3.15. The Hall–Kier alpha value is -1.80. The van der Waals surface area contributed by atoms with Crippen molar-refractivity contribution in [3.63, 3.8) is 0 Å². The molecule has 140 valence electrons.